The van der Waals surface area contributed by atoms with Crippen molar-refractivity contribution in [3.63, 3.8) is 0 Å². The molecule has 0 radical (unpaired) electrons. The largest absolute Gasteiger partial charge is 2.00 e. The van der Waals surface area contributed by atoms with Gasteiger partial charge in [-0.1, -0.05) is 89.8 Å². The first-order chi connectivity index (χ1) is 8.58. The molecule has 1 aromatic carbocycles. The van der Waals surface area contributed by atoms with Crippen molar-refractivity contribution in [2.45, 2.75) is 59.0 Å². The fraction of sp³-hybridized carbons (Fsp3) is 0.529. The molecule has 1 aromatic rings. The maximum absolute atomic E-state index is 3.60. The summed E-state index contributed by atoms with van der Waals surface area (Å²) < 4.78 is 0. The Labute approximate surface area is 138 Å². The van der Waals surface area contributed by atoms with Gasteiger partial charge in [0.2, 0.25) is 0 Å². The van der Waals surface area contributed by atoms with Crippen LogP contribution in [0.3, 0.4) is 0 Å². The van der Waals surface area contributed by atoms with E-state index in [1.165, 1.54) is 25.7 Å². The predicted molar refractivity (Wildman–Crippen MR) is 93.4 cm³/mol. The zero-order valence-corrected chi connectivity index (χ0v) is 15.8. The normalized spacial score (nSPS) is 10.2. The molecule has 0 atom stereocenters. The predicted octanol–water partition coefficient (Wildman–Crippen LogP) is 4.78. The maximum atomic E-state index is 3.60. The number of rotatable bonds is 6. The van der Waals surface area contributed by atoms with Gasteiger partial charge in [-0.25, -0.2) is 0 Å². The van der Waals surface area contributed by atoms with E-state index in [4.69, 9.17) is 0 Å². The second kappa shape index (κ2) is 13.2. The van der Waals surface area contributed by atoms with Gasteiger partial charge in [0, 0.05) is 0 Å². The fourth-order valence-corrected chi connectivity index (χ4v) is 3.87. The minimum absolute atomic E-state index is 0. The molecule has 0 amide bonds. The van der Waals surface area contributed by atoms with E-state index >= 15 is 0 Å². The molecular weight excluding hydrogens is 257 g/mol. The summed E-state index contributed by atoms with van der Waals surface area (Å²) >= 11 is 0. The molecular formula is C17H30MgSi. The molecule has 0 fully saturated rings. The molecule has 0 aliphatic heterocycles. The van der Waals surface area contributed by atoms with Gasteiger partial charge in [-0.15, -0.1) is 0 Å². The molecule has 104 valence electrons. The van der Waals surface area contributed by atoms with E-state index in [9.17, 15) is 0 Å². The fourth-order valence-electron chi connectivity index (χ4n) is 1.65. The maximum Gasteiger partial charge on any atom is 2.00 e. The summed E-state index contributed by atoms with van der Waals surface area (Å²) in [6, 6.07) is 13.5. The van der Waals surface area contributed by atoms with E-state index in [-0.39, 0.29) is 23.1 Å². The molecule has 1 rings (SSSR count). The molecule has 2 heteroatoms. The van der Waals surface area contributed by atoms with E-state index in [1.54, 1.807) is 5.19 Å². The van der Waals surface area contributed by atoms with E-state index in [2.05, 4.69) is 70.2 Å². The minimum Gasteiger partial charge on any atom is -0.343 e. The van der Waals surface area contributed by atoms with Gasteiger partial charge < -0.3 is 13.0 Å². The summed E-state index contributed by atoms with van der Waals surface area (Å²) in [4.78, 5) is 0. The van der Waals surface area contributed by atoms with Crippen molar-refractivity contribution in [1.82, 2.24) is 0 Å². The second-order valence-corrected chi connectivity index (χ2v) is 9.72. The molecule has 0 aliphatic rings. The van der Waals surface area contributed by atoms with Crippen LogP contribution in [-0.4, -0.2) is 31.1 Å². The summed E-state index contributed by atoms with van der Waals surface area (Å²) in [7, 11) is -1.24. The van der Waals surface area contributed by atoms with E-state index < -0.39 is 8.07 Å². The Bertz CT molecular complexity index is 281. The van der Waals surface area contributed by atoms with Crippen LogP contribution in [0.5, 0.6) is 0 Å². The van der Waals surface area contributed by atoms with Crippen LogP contribution in [0.15, 0.2) is 30.3 Å². The number of hydrogen-bond donors (Lipinski definition) is 0. The Morgan fingerprint density at radius 2 is 1.58 bits per heavy atom. The van der Waals surface area contributed by atoms with Crippen molar-refractivity contribution in [1.29, 1.82) is 0 Å². The van der Waals surface area contributed by atoms with E-state index in [0.717, 1.165) is 6.42 Å². The Morgan fingerprint density at radius 1 is 1.05 bits per heavy atom. The molecule has 0 bridgehead atoms. The van der Waals surface area contributed by atoms with Crippen molar-refractivity contribution in [3.8, 4) is 0 Å². The number of benzene rings is 1. The van der Waals surface area contributed by atoms with Crippen LogP contribution in [0, 0.1) is 13.0 Å². The first kappa shape index (κ1) is 21.5. The standard InChI is InChI=1S/C13H21Si.C4H9.Mg/c1-4-5-9-12-14(2,3)13-10-7-6-8-11-13;1-3-4-2;/h6-8,10-12H,4-5,9H2,1-3H3;1,3-4H2,2H3;/q2*-1;+2. The second-order valence-electron chi connectivity index (χ2n) is 5.29. The van der Waals surface area contributed by atoms with Gasteiger partial charge in [-0.2, -0.15) is 12.8 Å². The van der Waals surface area contributed by atoms with Crippen LogP contribution >= 0.6 is 0 Å². The van der Waals surface area contributed by atoms with Gasteiger partial charge in [-0.05, 0) is 0 Å². The summed E-state index contributed by atoms with van der Waals surface area (Å²) in [5, 5.41) is 1.55. The van der Waals surface area contributed by atoms with Gasteiger partial charge in [0.05, 0.1) is 0 Å². The number of unbranched alkanes of at least 4 members (excludes halogenated alkanes) is 3. The quantitative estimate of drug-likeness (QED) is 0.401. The zero-order valence-electron chi connectivity index (χ0n) is 13.4. The topological polar surface area (TPSA) is 0 Å². The Morgan fingerprint density at radius 3 is 2.00 bits per heavy atom. The van der Waals surface area contributed by atoms with Crippen LogP contribution in [0.2, 0.25) is 13.1 Å². The zero-order chi connectivity index (χ0) is 13.9. The molecule has 0 unspecified atom stereocenters. The average Bonchev–Trinajstić information content (AvgIpc) is 2.40. The van der Waals surface area contributed by atoms with Gasteiger partial charge in [-0.3, -0.25) is 0 Å². The average molecular weight is 287 g/mol. The first-order valence-corrected chi connectivity index (χ1v) is 10.3. The third kappa shape index (κ3) is 10.6. The van der Waals surface area contributed by atoms with Crippen molar-refractivity contribution in [3.05, 3.63) is 43.3 Å². The SMILES string of the molecule is CCCC[CH-][Si](C)(C)c1ccccc1.[CH2-]CCC.[Mg+2]. The molecule has 0 spiro atoms. The van der Waals surface area contributed by atoms with Crippen LogP contribution in [0.4, 0.5) is 0 Å². The van der Waals surface area contributed by atoms with Crippen molar-refractivity contribution >= 4 is 36.3 Å². The number of hydrogen-bond acceptors (Lipinski definition) is 0. The molecule has 0 aliphatic carbocycles. The molecule has 0 aromatic heterocycles. The van der Waals surface area contributed by atoms with Crippen molar-refractivity contribution in [2.24, 2.45) is 0 Å². The van der Waals surface area contributed by atoms with Gasteiger partial charge >= 0.3 is 23.1 Å². The van der Waals surface area contributed by atoms with E-state index in [0.29, 0.717) is 0 Å². The molecule has 0 saturated carbocycles. The molecule has 0 nitrogen and oxygen atoms in total. The van der Waals surface area contributed by atoms with E-state index in [1.807, 2.05) is 0 Å². The summed E-state index contributed by atoms with van der Waals surface area (Å²) in [5.74, 6) is 0. The Hall–Kier alpha value is 0.203. The third-order valence-corrected chi connectivity index (χ3v) is 6.21. The third-order valence-electron chi connectivity index (χ3n) is 3.08. The monoisotopic (exact) mass is 286 g/mol. The van der Waals surface area contributed by atoms with Crippen molar-refractivity contribution in [2.75, 3.05) is 0 Å². The Balaban J connectivity index is 0. The van der Waals surface area contributed by atoms with Crippen LogP contribution in [0.1, 0.15) is 46.0 Å². The summed E-state index contributed by atoms with van der Waals surface area (Å²) in [5.41, 5.74) is 0. The van der Waals surface area contributed by atoms with Crippen LogP contribution in [0.25, 0.3) is 0 Å². The molecule has 19 heavy (non-hydrogen) atoms. The van der Waals surface area contributed by atoms with Gasteiger partial charge in [0.1, 0.15) is 0 Å². The van der Waals surface area contributed by atoms with Crippen LogP contribution < -0.4 is 5.19 Å². The van der Waals surface area contributed by atoms with Gasteiger partial charge in [0.25, 0.3) is 0 Å². The summed E-state index contributed by atoms with van der Waals surface area (Å²) in [6.07, 6.45) is 6.20. The van der Waals surface area contributed by atoms with Crippen LogP contribution in [-0.2, 0) is 0 Å². The molecule has 0 saturated heterocycles. The summed E-state index contributed by atoms with van der Waals surface area (Å²) in [6.45, 7) is 12.8. The van der Waals surface area contributed by atoms with Crippen molar-refractivity contribution < 1.29 is 0 Å². The minimum atomic E-state index is -1.24. The van der Waals surface area contributed by atoms with Gasteiger partial charge in [0.15, 0.2) is 0 Å². The Kier molecular flexibility index (Phi) is 14.9. The molecule has 0 N–H and O–H groups in total. The smallest absolute Gasteiger partial charge is 0.343 e. The first-order valence-electron chi connectivity index (χ1n) is 7.27. The molecule has 0 heterocycles.